The molecule has 1 aromatic carbocycles. The lowest BCUT2D eigenvalue weighted by Gasteiger charge is -2.31. The molecule has 3 aliphatic heterocycles. The number of unbranched alkanes of at least 4 members (excludes halogenated alkanes) is 1. The number of hydrogen-bond acceptors (Lipinski definition) is 6. The highest BCUT2D eigenvalue weighted by Crippen LogP contribution is 2.43. The molecular weight excluding hydrogens is 536 g/mol. The topological polar surface area (TPSA) is 99.6 Å². The normalized spacial score (nSPS) is 23.5. The summed E-state index contributed by atoms with van der Waals surface area (Å²) in [6.07, 6.45) is 4.14. The third kappa shape index (κ3) is 7.56. The fraction of sp³-hybridized carbons (Fsp3) is 0.719. The minimum atomic E-state index is -0.878. The summed E-state index contributed by atoms with van der Waals surface area (Å²) in [5.41, 5.74) is 0.480. The van der Waals surface area contributed by atoms with Gasteiger partial charge in [-0.15, -0.1) is 0 Å². The van der Waals surface area contributed by atoms with E-state index in [2.05, 4.69) is 33.0 Å². The Bertz CT molecular complexity index is 1130. The fourth-order valence-electron chi connectivity index (χ4n) is 6.61. The lowest BCUT2D eigenvalue weighted by molar-refractivity contribution is -0.870. The number of hydrogen-bond donors (Lipinski definition) is 1. The number of carboxylic acid groups (broad SMARTS) is 1. The third-order valence-corrected chi connectivity index (χ3v) is 9.16. The summed E-state index contributed by atoms with van der Waals surface area (Å²) in [4.78, 5) is 45.6. The fourth-order valence-corrected chi connectivity index (χ4v) is 6.61. The zero-order valence-electron chi connectivity index (χ0n) is 26.4. The number of rotatable bonds is 14. The van der Waals surface area contributed by atoms with Crippen molar-refractivity contribution >= 4 is 17.8 Å². The smallest absolute Gasteiger partial charge is 0.308 e. The second-order valence-corrected chi connectivity index (χ2v) is 13.9. The Kier molecular flexibility index (Phi) is 10.1. The summed E-state index contributed by atoms with van der Waals surface area (Å²) in [7, 11) is 6.46. The van der Waals surface area contributed by atoms with E-state index in [9.17, 15) is 19.5 Å². The van der Waals surface area contributed by atoms with Crippen molar-refractivity contribution in [2.75, 3.05) is 73.7 Å². The predicted octanol–water partition coefficient (Wildman–Crippen LogP) is 3.26. The van der Waals surface area contributed by atoms with E-state index in [-0.39, 0.29) is 37.1 Å². The molecule has 0 aromatic heterocycles. The molecule has 1 aromatic rings. The summed E-state index contributed by atoms with van der Waals surface area (Å²) >= 11 is 0. The van der Waals surface area contributed by atoms with Crippen LogP contribution in [0.3, 0.4) is 0 Å². The summed E-state index contributed by atoms with van der Waals surface area (Å²) in [5.74, 6) is -0.474. The van der Waals surface area contributed by atoms with Gasteiger partial charge in [0.2, 0.25) is 18.6 Å². The number of amides is 2. The molecule has 2 fully saturated rings. The standard InChI is InChI=1S/C32H50N4O6/c1-7-8-14-33(15-9-18-36(4,5)6)28(37)21-35-20-24(23-10-11-26-27(19-23)42-22-41-26)29(30(38)39)25(35)12-16-34-17-13-32(2,3)31(34)40/h10-11,19,24-25,29H,7-9,12-18,20-22H2,1-6H3/p+1. The lowest BCUT2D eigenvalue weighted by Crippen LogP contribution is -2.46. The first kappa shape index (κ1) is 32.1. The van der Waals surface area contributed by atoms with Crippen LogP contribution in [0, 0.1) is 11.3 Å². The molecule has 0 bridgehead atoms. The van der Waals surface area contributed by atoms with Gasteiger partial charge in [0.05, 0.1) is 40.2 Å². The van der Waals surface area contributed by atoms with Crippen molar-refractivity contribution in [2.45, 2.75) is 64.8 Å². The van der Waals surface area contributed by atoms with Gasteiger partial charge < -0.3 is 28.9 Å². The lowest BCUT2D eigenvalue weighted by atomic mass is 9.84. The number of quaternary nitrogens is 1. The van der Waals surface area contributed by atoms with E-state index in [1.54, 1.807) is 0 Å². The van der Waals surface area contributed by atoms with E-state index in [1.807, 2.05) is 41.8 Å². The van der Waals surface area contributed by atoms with Gasteiger partial charge in [-0.3, -0.25) is 19.3 Å². The molecule has 0 saturated carbocycles. The van der Waals surface area contributed by atoms with Crippen molar-refractivity contribution in [1.29, 1.82) is 0 Å². The van der Waals surface area contributed by atoms with Gasteiger partial charge in [0.25, 0.3) is 0 Å². The molecule has 2 amide bonds. The second kappa shape index (κ2) is 13.2. The van der Waals surface area contributed by atoms with Gasteiger partial charge in [0.15, 0.2) is 11.5 Å². The maximum absolute atomic E-state index is 13.8. The Morgan fingerprint density at radius 3 is 2.48 bits per heavy atom. The molecule has 0 radical (unpaired) electrons. The summed E-state index contributed by atoms with van der Waals surface area (Å²) in [6, 6.07) is 5.26. The molecule has 3 atom stereocenters. The van der Waals surface area contributed by atoms with Gasteiger partial charge in [-0.2, -0.15) is 0 Å². The van der Waals surface area contributed by atoms with E-state index in [4.69, 9.17) is 9.47 Å². The molecule has 10 heteroatoms. The number of ether oxygens (including phenoxy) is 2. The van der Waals surface area contributed by atoms with Crippen LogP contribution in [-0.4, -0.2) is 122 Å². The Labute approximate surface area is 251 Å². The average Bonchev–Trinajstić information content (AvgIpc) is 3.60. The molecule has 42 heavy (non-hydrogen) atoms. The van der Waals surface area contributed by atoms with Gasteiger partial charge in [-0.25, -0.2) is 0 Å². The SMILES string of the molecule is CCCCN(CCC[N+](C)(C)C)C(=O)CN1CC(c2ccc3c(c2)OCO3)C(C(=O)O)C1CCN1CCC(C)(C)C1=O. The van der Waals surface area contributed by atoms with E-state index in [0.717, 1.165) is 42.3 Å². The zero-order chi connectivity index (χ0) is 30.7. The molecule has 3 unspecified atom stereocenters. The number of nitrogens with zero attached hydrogens (tertiary/aromatic N) is 4. The van der Waals surface area contributed by atoms with Gasteiger partial charge in [-0.05, 0) is 37.0 Å². The van der Waals surface area contributed by atoms with Crippen molar-refractivity contribution in [1.82, 2.24) is 14.7 Å². The van der Waals surface area contributed by atoms with Crippen molar-refractivity contribution in [3.8, 4) is 11.5 Å². The Morgan fingerprint density at radius 1 is 1.12 bits per heavy atom. The quantitative estimate of drug-likeness (QED) is 0.334. The summed E-state index contributed by atoms with van der Waals surface area (Å²) in [5, 5.41) is 10.5. The number of likely N-dealkylation sites (tertiary alicyclic amines) is 2. The number of carboxylic acids is 1. The maximum atomic E-state index is 13.8. The number of fused-ring (bicyclic) bond motifs is 1. The van der Waals surface area contributed by atoms with Crippen molar-refractivity contribution in [3.63, 3.8) is 0 Å². The van der Waals surface area contributed by atoms with Crippen LogP contribution in [0.4, 0.5) is 0 Å². The maximum Gasteiger partial charge on any atom is 0.308 e. The van der Waals surface area contributed by atoms with E-state index < -0.39 is 17.3 Å². The van der Waals surface area contributed by atoms with Crippen molar-refractivity contribution < 1.29 is 33.4 Å². The molecule has 234 valence electrons. The minimum Gasteiger partial charge on any atom is -0.481 e. The number of aliphatic carboxylic acids is 1. The minimum absolute atomic E-state index is 0.0451. The Balaban J connectivity index is 1.56. The molecule has 3 heterocycles. The first-order valence-corrected chi connectivity index (χ1v) is 15.5. The van der Waals surface area contributed by atoms with E-state index in [0.29, 0.717) is 50.6 Å². The van der Waals surface area contributed by atoms with Crippen molar-refractivity contribution in [3.05, 3.63) is 23.8 Å². The average molecular weight is 588 g/mol. The van der Waals surface area contributed by atoms with E-state index in [1.165, 1.54) is 0 Å². The monoisotopic (exact) mass is 587 g/mol. The number of carbonyl (C=O) groups is 3. The van der Waals surface area contributed by atoms with Crippen LogP contribution < -0.4 is 9.47 Å². The van der Waals surface area contributed by atoms with Crippen molar-refractivity contribution in [2.24, 2.45) is 11.3 Å². The molecule has 0 aliphatic carbocycles. The van der Waals surface area contributed by atoms with E-state index >= 15 is 0 Å². The second-order valence-electron chi connectivity index (χ2n) is 13.9. The molecule has 2 saturated heterocycles. The van der Waals surface area contributed by atoms with Crippen LogP contribution in [0.1, 0.15) is 64.4 Å². The van der Waals surface area contributed by atoms with Gasteiger partial charge in [0.1, 0.15) is 0 Å². The van der Waals surface area contributed by atoms with Crippen LogP contribution in [0.15, 0.2) is 18.2 Å². The summed E-state index contributed by atoms with van der Waals surface area (Å²) < 4.78 is 11.9. The highest BCUT2D eigenvalue weighted by molar-refractivity contribution is 5.84. The highest BCUT2D eigenvalue weighted by atomic mass is 16.7. The number of benzene rings is 1. The highest BCUT2D eigenvalue weighted by Gasteiger charge is 2.48. The first-order chi connectivity index (χ1) is 19.8. The van der Waals surface area contributed by atoms with Crippen LogP contribution >= 0.6 is 0 Å². The Morgan fingerprint density at radius 2 is 1.83 bits per heavy atom. The van der Waals surface area contributed by atoms with Crippen LogP contribution in [0.5, 0.6) is 11.5 Å². The molecular formula is C32H51N4O6+. The zero-order valence-corrected chi connectivity index (χ0v) is 26.4. The molecule has 4 rings (SSSR count). The van der Waals surface area contributed by atoms with Crippen LogP contribution in [0.25, 0.3) is 0 Å². The summed E-state index contributed by atoms with van der Waals surface area (Å²) in [6.45, 7) is 10.4. The van der Waals surface area contributed by atoms with Gasteiger partial charge in [-0.1, -0.05) is 33.3 Å². The first-order valence-electron chi connectivity index (χ1n) is 15.5. The molecule has 3 aliphatic rings. The Hall–Kier alpha value is -2.85. The molecule has 1 N–H and O–H groups in total. The van der Waals surface area contributed by atoms with Crippen LogP contribution in [-0.2, 0) is 14.4 Å². The van der Waals surface area contributed by atoms with Gasteiger partial charge in [0, 0.05) is 56.5 Å². The number of carbonyl (C=O) groups excluding carboxylic acids is 2. The largest absolute Gasteiger partial charge is 0.481 e. The van der Waals surface area contributed by atoms with Gasteiger partial charge >= 0.3 is 5.97 Å². The third-order valence-electron chi connectivity index (χ3n) is 9.16. The van der Waals surface area contributed by atoms with Crippen LogP contribution in [0.2, 0.25) is 0 Å². The molecule has 10 nitrogen and oxygen atoms in total. The molecule has 0 spiro atoms. The predicted molar refractivity (Wildman–Crippen MR) is 160 cm³/mol.